The molecule has 0 aromatic carbocycles. The minimum absolute atomic E-state index is 0.859. The van der Waals surface area contributed by atoms with Gasteiger partial charge in [-0.25, -0.2) is 9.98 Å². The van der Waals surface area contributed by atoms with Crippen LogP contribution in [0.1, 0.15) is 0 Å². The Kier molecular flexibility index (Phi) is 0.886. The van der Waals surface area contributed by atoms with Gasteiger partial charge < -0.3 is 4.90 Å². The molecule has 2 aliphatic heterocycles. The lowest BCUT2D eigenvalue weighted by Crippen LogP contribution is -2.21. The van der Waals surface area contributed by atoms with E-state index >= 15 is 0 Å². The third kappa shape index (κ3) is 0.650. The van der Waals surface area contributed by atoms with Crippen LogP contribution >= 0.6 is 0 Å². The molecule has 0 bridgehead atoms. The Bertz CT molecular complexity index is 200. The van der Waals surface area contributed by atoms with Crippen LogP contribution in [0.4, 0.5) is 0 Å². The Morgan fingerprint density at radius 1 is 1.56 bits per heavy atom. The summed E-state index contributed by atoms with van der Waals surface area (Å²) in [6.45, 7) is 1.88. The van der Waals surface area contributed by atoms with Gasteiger partial charge in [-0.3, -0.25) is 0 Å². The number of rotatable bonds is 0. The van der Waals surface area contributed by atoms with E-state index in [4.69, 9.17) is 0 Å². The maximum atomic E-state index is 4.15. The van der Waals surface area contributed by atoms with Crippen LogP contribution in [-0.4, -0.2) is 30.2 Å². The van der Waals surface area contributed by atoms with Crippen molar-refractivity contribution in [3.63, 3.8) is 0 Å². The van der Waals surface area contributed by atoms with Crippen molar-refractivity contribution in [3.8, 4) is 0 Å². The summed E-state index contributed by atoms with van der Waals surface area (Å²) in [7, 11) is 0. The van der Waals surface area contributed by atoms with E-state index in [1.807, 2.05) is 17.2 Å². The van der Waals surface area contributed by atoms with Gasteiger partial charge in [0.05, 0.1) is 6.54 Å². The first kappa shape index (κ1) is 4.73. The maximum absolute atomic E-state index is 4.15. The molecule has 0 atom stereocenters. The molecule has 0 aromatic heterocycles. The Labute approximate surface area is 53.4 Å². The normalized spacial score (nSPS) is 22.2. The molecule has 0 saturated heterocycles. The van der Waals surface area contributed by atoms with Crippen molar-refractivity contribution in [3.05, 3.63) is 12.3 Å². The van der Waals surface area contributed by atoms with Crippen LogP contribution in [0.5, 0.6) is 0 Å². The van der Waals surface area contributed by atoms with E-state index in [1.54, 1.807) is 6.21 Å². The third-order valence-electron chi connectivity index (χ3n) is 1.39. The van der Waals surface area contributed by atoms with Crippen molar-refractivity contribution in [1.82, 2.24) is 4.90 Å². The molecule has 2 aliphatic rings. The molecule has 46 valence electrons. The number of hydrogen-bond donors (Lipinski definition) is 0. The van der Waals surface area contributed by atoms with Crippen molar-refractivity contribution in [1.29, 1.82) is 0 Å². The molecule has 3 nitrogen and oxygen atoms in total. The molecular weight excluding hydrogens is 114 g/mol. The summed E-state index contributed by atoms with van der Waals surface area (Å²) in [6, 6.07) is 0. The van der Waals surface area contributed by atoms with Gasteiger partial charge >= 0.3 is 0 Å². The lowest BCUT2D eigenvalue weighted by atomic mass is 10.5. The van der Waals surface area contributed by atoms with Gasteiger partial charge in [-0.15, -0.1) is 0 Å². The highest BCUT2D eigenvalue weighted by molar-refractivity contribution is 5.94. The van der Waals surface area contributed by atoms with Crippen LogP contribution < -0.4 is 0 Å². The number of fused-ring (bicyclic) bond motifs is 1. The molecule has 2 rings (SSSR count). The zero-order valence-electron chi connectivity index (χ0n) is 4.99. The van der Waals surface area contributed by atoms with E-state index < -0.39 is 0 Å². The van der Waals surface area contributed by atoms with Crippen LogP contribution in [0.2, 0.25) is 0 Å². The first-order chi connectivity index (χ1) is 4.47. The quantitative estimate of drug-likeness (QED) is 0.451. The van der Waals surface area contributed by atoms with Crippen molar-refractivity contribution in [2.45, 2.75) is 0 Å². The summed E-state index contributed by atoms with van der Waals surface area (Å²) in [4.78, 5) is 10.2. The zero-order chi connectivity index (χ0) is 6.10. The lowest BCUT2D eigenvalue weighted by molar-refractivity contribution is 0.604. The van der Waals surface area contributed by atoms with E-state index in [9.17, 15) is 0 Å². The number of allylic oxidation sites excluding steroid dienone is 1. The molecule has 0 spiro atoms. The van der Waals surface area contributed by atoms with E-state index in [2.05, 4.69) is 9.98 Å². The fourth-order valence-corrected chi connectivity index (χ4v) is 0.957. The highest BCUT2D eigenvalue weighted by Crippen LogP contribution is 2.05. The average Bonchev–Trinajstić information content (AvgIpc) is 2.33. The summed E-state index contributed by atoms with van der Waals surface area (Å²) < 4.78 is 0. The molecular formula is C6H7N3. The third-order valence-corrected chi connectivity index (χ3v) is 1.39. The van der Waals surface area contributed by atoms with Gasteiger partial charge in [-0.1, -0.05) is 0 Å². The molecule has 0 amide bonds. The molecule has 0 saturated carbocycles. The fourth-order valence-electron chi connectivity index (χ4n) is 0.957. The van der Waals surface area contributed by atoms with E-state index in [0.29, 0.717) is 0 Å². The van der Waals surface area contributed by atoms with E-state index in [0.717, 1.165) is 19.0 Å². The predicted octanol–water partition coefficient (Wildman–Crippen LogP) is 0.256. The Balaban J connectivity index is 2.33. The summed E-state index contributed by atoms with van der Waals surface area (Å²) >= 11 is 0. The number of aliphatic imine (C=N–C) groups is 2. The highest BCUT2D eigenvalue weighted by atomic mass is 15.3. The smallest absolute Gasteiger partial charge is 0.224 e. The standard InChI is InChI=1S/C6H7N3/c1-2-7-6-8-3-5-9(6)4-1/h1-2,4H,3,5H2. The molecule has 0 unspecified atom stereocenters. The number of hydrogen-bond acceptors (Lipinski definition) is 3. The summed E-state index contributed by atoms with van der Waals surface area (Å²) in [5.74, 6) is 0.859. The maximum Gasteiger partial charge on any atom is 0.224 e. The molecule has 9 heavy (non-hydrogen) atoms. The van der Waals surface area contributed by atoms with Gasteiger partial charge in [-0.2, -0.15) is 0 Å². The second-order valence-corrected chi connectivity index (χ2v) is 1.99. The van der Waals surface area contributed by atoms with Crippen molar-refractivity contribution in [2.24, 2.45) is 9.98 Å². The Hall–Kier alpha value is -1.12. The average molecular weight is 121 g/mol. The Morgan fingerprint density at radius 2 is 2.56 bits per heavy atom. The van der Waals surface area contributed by atoms with E-state index in [1.165, 1.54) is 0 Å². The zero-order valence-corrected chi connectivity index (χ0v) is 4.99. The SMILES string of the molecule is C1=CN2CCN=C2N=C1. The largest absolute Gasteiger partial charge is 0.316 e. The van der Waals surface area contributed by atoms with Crippen molar-refractivity contribution < 1.29 is 0 Å². The second kappa shape index (κ2) is 1.69. The minimum atomic E-state index is 0.859. The van der Waals surface area contributed by atoms with Gasteiger partial charge in [0.25, 0.3) is 0 Å². The molecule has 0 fully saturated rings. The first-order valence-corrected chi connectivity index (χ1v) is 2.99. The van der Waals surface area contributed by atoms with Crippen LogP contribution in [0.3, 0.4) is 0 Å². The van der Waals surface area contributed by atoms with Crippen LogP contribution in [-0.2, 0) is 0 Å². The van der Waals surface area contributed by atoms with Crippen LogP contribution in [0, 0.1) is 0 Å². The van der Waals surface area contributed by atoms with Gasteiger partial charge in [-0.05, 0) is 6.08 Å². The second-order valence-electron chi connectivity index (χ2n) is 1.99. The number of nitrogens with zero attached hydrogens (tertiary/aromatic N) is 3. The lowest BCUT2D eigenvalue weighted by Gasteiger charge is -2.12. The van der Waals surface area contributed by atoms with Gasteiger partial charge in [0, 0.05) is 19.0 Å². The first-order valence-electron chi connectivity index (χ1n) is 2.99. The summed E-state index contributed by atoms with van der Waals surface area (Å²) in [5, 5.41) is 0. The summed E-state index contributed by atoms with van der Waals surface area (Å²) in [6.07, 6.45) is 5.68. The van der Waals surface area contributed by atoms with Crippen LogP contribution in [0.25, 0.3) is 0 Å². The molecule has 0 aromatic rings. The summed E-state index contributed by atoms with van der Waals surface area (Å²) in [5.41, 5.74) is 0. The molecule has 2 heterocycles. The Morgan fingerprint density at radius 3 is 3.44 bits per heavy atom. The van der Waals surface area contributed by atoms with Gasteiger partial charge in [0.15, 0.2) is 0 Å². The topological polar surface area (TPSA) is 28.0 Å². The van der Waals surface area contributed by atoms with E-state index in [-0.39, 0.29) is 0 Å². The number of guanidine groups is 1. The van der Waals surface area contributed by atoms with Crippen LogP contribution in [0.15, 0.2) is 22.3 Å². The molecule has 0 aliphatic carbocycles. The van der Waals surface area contributed by atoms with Gasteiger partial charge in [0.2, 0.25) is 5.96 Å². The minimum Gasteiger partial charge on any atom is -0.316 e. The highest BCUT2D eigenvalue weighted by Gasteiger charge is 2.13. The molecule has 3 heteroatoms. The predicted molar refractivity (Wildman–Crippen MR) is 36.6 cm³/mol. The van der Waals surface area contributed by atoms with Crippen molar-refractivity contribution >= 4 is 12.2 Å². The fraction of sp³-hybridized carbons (Fsp3) is 0.333. The monoisotopic (exact) mass is 121 g/mol. The van der Waals surface area contributed by atoms with Gasteiger partial charge in [0.1, 0.15) is 0 Å². The molecule has 0 N–H and O–H groups in total. The molecule has 0 radical (unpaired) electrons. The van der Waals surface area contributed by atoms with Crippen molar-refractivity contribution in [2.75, 3.05) is 13.1 Å².